The molecule has 0 saturated carbocycles. The first-order valence-electron chi connectivity index (χ1n) is 10.8. The van der Waals surface area contributed by atoms with Gasteiger partial charge in [0, 0.05) is 10.6 Å². The van der Waals surface area contributed by atoms with E-state index >= 15 is 0 Å². The molecule has 2 atom stereocenters. The minimum absolute atomic E-state index is 0.0405. The molecule has 1 fully saturated rings. The second-order valence-corrected chi connectivity index (χ2v) is 9.23. The van der Waals surface area contributed by atoms with Crippen molar-refractivity contribution < 1.29 is 27.6 Å². The van der Waals surface area contributed by atoms with Gasteiger partial charge in [-0.2, -0.15) is 13.2 Å². The number of quaternary nitrogens is 1. The van der Waals surface area contributed by atoms with Gasteiger partial charge in [-0.05, 0) is 49.9 Å². The van der Waals surface area contributed by atoms with Crippen LogP contribution in [0.4, 0.5) is 13.2 Å². The average molecular weight is 501 g/mol. The van der Waals surface area contributed by atoms with E-state index in [9.17, 15) is 23.1 Å². The van der Waals surface area contributed by atoms with Crippen LogP contribution in [0.25, 0.3) is 22.1 Å². The third-order valence-electron chi connectivity index (χ3n) is 6.37. The summed E-state index contributed by atoms with van der Waals surface area (Å²) in [5.74, 6) is -1.64. The van der Waals surface area contributed by atoms with Crippen LogP contribution in [0.2, 0.25) is 10.0 Å². The van der Waals surface area contributed by atoms with Crippen LogP contribution in [0, 0.1) is 0 Å². The summed E-state index contributed by atoms with van der Waals surface area (Å²) in [7, 11) is 0. The topological polar surface area (TPSA) is 54.9 Å². The van der Waals surface area contributed by atoms with E-state index in [2.05, 4.69) is 6.92 Å². The summed E-state index contributed by atoms with van der Waals surface area (Å²) < 4.78 is 47.7. The van der Waals surface area contributed by atoms with Crippen LogP contribution in [0.5, 0.6) is 5.75 Å². The molecule has 2 heterocycles. The van der Waals surface area contributed by atoms with Gasteiger partial charge in [-0.25, -0.2) is 0 Å². The Morgan fingerprint density at radius 2 is 1.94 bits per heavy atom. The molecule has 0 radical (unpaired) electrons. The molecule has 0 bridgehead atoms. The van der Waals surface area contributed by atoms with Gasteiger partial charge in [-0.1, -0.05) is 36.2 Å². The van der Waals surface area contributed by atoms with Gasteiger partial charge in [0.1, 0.15) is 12.3 Å². The second kappa shape index (κ2) is 9.20. The van der Waals surface area contributed by atoms with E-state index in [0.29, 0.717) is 6.04 Å². The number of halogens is 5. The van der Waals surface area contributed by atoms with Crippen LogP contribution in [-0.2, 0) is 12.7 Å². The Hall–Kier alpha value is -2.22. The third-order valence-corrected chi connectivity index (χ3v) is 6.92. The summed E-state index contributed by atoms with van der Waals surface area (Å²) in [5.41, 5.74) is -1.69. The summed E-state index contributed by atoms with van der Waals surface area (Å²) in [5, 5.41) is 10.6. The second-order valence-electron chi connectivity index (χ2n) is 8.38. The largest absolute Gasteiger partial charge is 0.507 e. The van der Waals surface area contributed by atoms with E-state index in [1.165, 1.54) is 30.3 Å². The van der Waals surface area contributed by atoms with Crippen LogP contribution in [0.1, 0.15) is 43.9 Å². The van der Waals surface area contributed by atoms with Crippen LogP contribution < -0.4 is 10.3 Å². The van der Waals surface area contributed by atoms with Crippen LogP contribution >= 0.6 is 23.2 Å². The molecule has 1 aromatic heterocycles. The van der Waals surface area contributed by atoms with Gasteiger partial charge in [0.25, 0.3) is 0 Å². The Morgan fingerprint density at radius 3 is 2.61 bits per heavy atom. The number of aromatic hydroxyl groups is 1. The molecular formula is C24H23Cl2F3NO3+. The molecule has 1 saturated heterocycles. The number of benzene rings is 2. The van der Waals surface area contributed by atoms with E-state index in [1.54, 1.807) is 0 Å². The third kappa shape index (κ3) is 4.59. The average Bonchev–Trinajstić information content (AvgIpc) is 2.76. The van der Waals surface area contributed by atoms with Gasteiger partial charge < -0.3 is 14.4 Å². The molecule has 3 aromatic rings. The summed E-state index contributed by atoms with van der Waals surface area (Å²) in [6.07, 6.45) is -0.944. The molecule has 1 unspecified atom stereocenters. The molecule has 1 aliphatic rings. The fourth-order valence-corrected chi connectivity index (χ4v) is 5.22. The number of fused-ring (bicyclic) bond motifs is 1. The smallest absolute Gasteiger partial charge is 0.450 e. The lowest BCUT2D eigenvalue weighted by Gasteiger charge is -2.32. The molecule has 0 spiro atoms. The number of hydrogen-bond acceptors (Lipinski definition) is 3. The van der Waals surface area contributed by atoms with Crippen LogP contribution in [0.3, 0.4) is 0 Å². The first-order valence-corrected chi connectivity index (χ1v) is 11.6. The molecule has 2 N–H and O–H groups in total. The molecule has 4 nitrogen and oxygen atoms in total. The maximum atomic E-state index is 14.1. The van der Waals surface area contributed by atoms with Gasteiger partial charge in [-0.15, -0.1) is 0 Å². The summed E-state index contributed by atoms with van der Waals surface area (Å²) in [6.45, 7) is 3.18. The number of phenolic OH excluding ortho intramolecular Hbond substituents is 1. The number of piperidine rings is 1. The monoisotopic (exact) mass is 500 g/mol. The SMILES string of the molecule is CC[C@@H]1CCCC[NH+]1Cc1c(O)ccc2c(=O)c(-c3ccc(Cl)cc3Cl)c(C(F)(F)F)oc12. The maximum absolute atomic E-state index is 14.1. The highest BCUT2D eigenvalue weighted by Gasteiger charge is 2.40. The lowest BCUT2D eigenvalue weighted by atomic mass is 9.97. The molecule has 9 heteroatoms. The Bertz CT molecular complexity index is 1260. The van der Waals surface area contributed by atoms with E-state index in [0.717, 1.165) is 37.1 Å². The predicted octanol–water partition coefficient (Wildman–Crippen LogP) is 5.84. The summed E-state index contributed by atoms with van der Waals surface area (Å²) >= 11 is 12.0. The number of phenols is 1. The van der Waals surface area contributed by atoms with Crippen LogP contribution in [0.15, 0.2) is 39.5 Å². The summed E-state index contributed by atoms with van der Waals surface area (Å²) in [6, 6.07) is 6.85. The van der Waals surface area contributed by atoms with Gasteiger partial charge in [0.2, 0.25) is 11.2 Å². The first kappa shape index (κ1) is 23.9. The van der Waals surface area contributed by atoms with Gasteiger partial charge in [0.15, 0.2) is 5.58 Å². The molecule has 2 aromatic carbocycles. The minimum atomic E-state index is -4.96. The Labute approximate surface area is 198 Å². The molecule has 0 aliphatic carbocycles. The molecule has 176 valence electrons. The van der Waals surface area contributed by atoms with Crippen molar-refractivity contribution in [2.75, 3.05) is 6.54 Å². The van der Waals surface area contributed by atoms with Crippen LogP contribution in [-0.4, -0.2) is 17.7 Å². The molecule has 4 rings (SSSR count). The fraction of sp³-hybridized carbons (Fsp3) is 0.375. The normalized spacial score (nSPS) is 19.2. The van der Waals surface area contributed by atoms with Crippen molar-refractivity contribution >= 4 is 34.2 Å². The zero-order chi connectivity index (χ0) is 23.9. The summed E-state index contributed by atoms with van der Waals surface area (Å²) in [4.78, 5) is 14.5. The maximum Gasteiger partial charge on any atom is 0.450 e. The van der Waals surface area contributed by atoms with E-state index < -0.39 is 22.9 Å². The zero-order valence-corrected chi connectivity index (χ0v) is 19.4. The number of hydrogen-bond donors (Lipinski definition) is 2. The Balaban J connectivity index is 1.97. The number of likely N-dealkylation sites (tertiary alicyclic amines) is 1. The molecule has 0 amide bonds. The van der Waals surface area contributed by atoms with Gasteiger partial charge in [-0.3, -0.25) is 4.79 Å². The fourth-order valence-electron chi connectivity index (χ4n) is 4.71. The van der Waals surface area contributed by atoms with E-state index in [4.69, 9.17) is 27.6 Å². The quantitative estimate of drug-likeness (QED) is 0.473. The number of alkyl halides is 3. The highest BCUT2D eigenvalue weighted by atomic mass is 35.5. The first-order chi connectivity index (χ1) is 15.6. The van der Waals surface area contributed by atoms with Crippen molar-refractivity contribution in [2.24, 2.45) is 0 Å². The Morgan fingerprint density at radius 1 is 1.18 bits per heavy atom. The van der Waals surface area contributed by atoms with Crippen molar-refractivity contribution in [1.29, 1.82) is 0 Å². The van der Waals surface area contributed by atoms with Crippen molar-refractivity contribution in [1.82, 2.24) is 0 Å². The van der Waals surface area contributed by atoms with Crippen molar-refractivity contribution in [3.63, 3.8) is 0 Å². The standard InChI is InChI=1S/C24H22Cl2F3NO3/c1-2-14-5-3-4-10-30(14)12-17-19(31)9-8-16-21(32)20(15-7-6-13(25)11-18(15)26)23(24(27,28)29)33-22(16)17/h6-9,11,14,31H,2-5,10,12H2,1H3/p+1/t14-/m1/s1. The Kier molecular flexibility index (Phi) is 6.67. The lowest BCUT2D eigenvalue weighted by Crippen LogP contribution is -3.15. The zero-order valence-electron chi connectivity index (χ0n) is 17.9. The van der Waals surface area contributed by atoms with E-state index in [1.807, 2.05) is 0 Å². The molecular weight excluding hydrogens is 478 g/mol. The highest BCUT2D eigenvalue weighted by molar-refractivity contribution is 6.36. The van der Waals surface area contributed by atoms with E-state index in [-0.39, 0.29) is 44.4 Å². The van der Waals surface area contributed by atoms with Gasteiger partial charge in [0.05, 0.1) is 34.1 Å². The van der Waals surface area contributed by atoms with Crippen molar-refractivity contribution in [2.45, 2.75) is 51.4 Å². The minimum Gasteiger partial charge on any atom is -0.507 e. The molecule has 1 aliphatic heterocycles. The highest BCUT2D eigenvalue weighted by Crippen LogP contribution is 2.41. The number of rotatable bonds is 4. The lowest BCUT2D eigenvalue weighted by molar-refractivity contribution is -0.944. The van der Waals surface area contributed by atoms with Gasteiger partial charge >= 0.3 is 6.18 Å². The predicted molar refractivity (Wildman–Crippen MR) is 122 cm³/mol. The molecule has 33 heavy (non-hydrogen) atoms. The number of nitrogens with one attached hydrogen (secondary N) is 1. The van der Waals surface area contributed by atoms with Crippen molar-refractivity contribution in [3.8, 4) is 16.9 Å². The van der Waals surface area contributed by atoms with Crippen molar-refractivity contribution in [3.05, 3.63) is 61.9 Å².